The van der Waals surface area contributed by atoms with Gasteiger partial charge in [-0.05, 0) is 24.1 Å². The minimum Gasteiger partial charge on any atom is -0.426 e. The Balaban J connectivity index is 1.52. The number of carbonyl (C=O) groups excluding carboxylic acids is 1. The molecule has 2 nitrogen and oxygen atoms in total. The molecule has 2 rings (SSSR count). The van der Waals surface area contributed by atoms with Gasteiger partial charge in [0.2, 0.25) is 0 Å². The maximum absolute atomic E-state index is 12.9. The number of rotatable bonds is 20. The average Bonchev–Trinajstić information content (AvgIpc) is 2.87. The molecule has 1 unspecified atom stereocenters. The van der Waals surface area contributed by atoms with Gasteiger partial charge in [-0.2, -0.15) is 0 Å². The predicted molar refractivity (Wildman–Crippen MR) is 145 cm³/mol. The van der Waals surface area contributed by atoms with Crippen molar-refractivity contribution >= 4 is 5.97 Å². The number of hydrogen-bond donors (Lipinski definition) is 0. The molecule has 0 saturated heterocycles. The number of hydrogen-bond acceptors (Lipinski definition) is 2. The Morgan fingerprint density at radius 3 is 1.47 bits per heavy atom. The first-order valence-electron chi connectivity index (χ1n) is 14.1. The van der Waals surface area contributed by atoms with E-state index >= 15 is 0 Å². The Hall–Kier alpha value is -2.09. The van der Waals surface area contributed by atoms with E-state index in [0.29, 0.717) is 5.75 Å². The Labute approximate surface area is 209 Å². The molecule has 34 heavy (non-hydrogen) atoms. The monoisotopic (exact) mass is 464 g/mol. The van der Waals surface area contributed by atoms with E-state index in [0.717, 1.165) is 18.4 Å². The molecular weight excluding hydrogens is 416 g/mol. The zero-order valence-corrected chi connectivity index (χ0v) is 21.7. The highest BCUT2D eigenvalue weighted by Gasteiger charge is 2.22. The number of ether oxygens (including phenoxy) is 1. The van der Waals surface area contributed by atoms with Gasteiger partial charge in [0.05, 0.1) is 5.92 Å². The normalized spacial score (nSPS) is 11.9. The highest BCUT2D eigenvalue weighted by molar-refractivity contribution is 5.80. The van der Waals surface area contributed by atoms with Gasteiger partial charge in [-0.15, -0.1) is 0 Å². The van der Waals surface area contributed by atoms with Crippen LogP contribution in [0.3, 0.4) is 0 Å². The van der Waals surface area contributed by atoms with Crippen LogP contribution < -0.4 is 4.74 Å². The fourth-order valence-electron chi connectivity index (χ4n) is 4.68. The highest BCUT2D eigenvalue weighted by atomic mass is 16.5. The van der Waals surface area contributed by atoms with Crippen molar-refractivity contribution in [1.82, 2.24) is 0 Å². The lowest BCUT2D eigenvalue weighted by atomic mass is 9.93. The first kappa shape index (κ1) is 28.1. The van der Waals surface area contributed by atoms with E-state index < -0.39 is 0 Å². The summed E-state index contributed by atoms with van der Waals surface area (Å²) in [6.07, 6.45) is 22.6. The smallest absolute Gasteiger partial charge is 0.318 e. The Kier molecular flexibility index (Phi) is 15.9. The highest BCUT2D eigenvalue weighted by Crippen LogP contribution is 2.26. The van der Waals surface area contributed by atoms with Crippen LogP contribution in [-0.2, 0) is 4.79 Å². The fourth-order valence-corrected chi connectivity index (χ4v) is 4.68. The van der Waals surface area contributed by atoms with Crippen LogP contribution in [0.4, 0.5) is 0 Å². The van der Waals surface area contributed by atoms with Crippen LogP contribution in [0.5, 0.6) is 5.75 Å². The molecule has 0 bridgehead atoms. The van der Waals surface area contributed by atoms with Crippen LogP contribution in [0.2, 0.25) is 0 Å². The van der Waals surface area contributed by atoms with Crippen LogP contribution in [0, 0.1) is 0 Å². The van der Waals surface area contributed by atoms with E-state index in [1.807, 2.05) is 60.7 Å². The van der Waals surface area contributed by atoms with Crippen molar-refractivity contribution in [3.8, 4) is 5.75 Å². The third-order valence-corrected chi connectivity index (χ3v) is 6.79. The van der Waals surface area contributed by atoms with Gasteiger partial charge in [-0.3, -0.25) is 4.79 Å². The SMILES string of the molecule is CCCCCCCCCCCCCCCCCCC(C(=O)Oc1ccccc1)c1ccccc1. The second-order valence-corrected chi connectivity index (χ2v) is 9.79. The van der Waals surface area contributed by atoms with Gasteiger partial charge in [-0.1, -0.05) is 158 Å². The van der Waals surface area contributed by atoms with Crippen molar-refractivity contribution in [2.75, 3.05) is 0 Å². The average molecular weight is 465 g/mol. The van der Waals surface area contributed by atoms with Crippen molar-refractivity contribution in [3.05, 3.63) is 66.2 Å². The van der Waals surface area contributed by atoms with Crippen LogP contribution in [0.1, 0.15) is 128 Å². The van der Waals surface area contributed by atoms with E-state index in [4.69, 9.17) is 4.74 Å². The molecule has 0 heterocycles. The second-order valence-electron chi connectivity index (χ2n) is 9.79. The Morgan fingerprint density at radius 2 is 1.00 bits per heavy atom. The van der Waals surface area contributed by atoms with E-state index in [1.165, 1.54) is 96.3 Å². The minimum atomic E-state index is -0.187. The van der Waals surface area contributed by atoms with E-state index in [2.05, 4.69) is 6.92 Å². The van der Waals surface area contributed by atoms with Gasteiger partial charge in [0.15, 0.2) is 0 Å². The Bertz CT molecular complexity index is 725. The number of carbonyl (C=O) groups is 1. The number of unbranched alkanes of at least 4 members (excludes halogenated alkanes) is 15. The molecular formula is C32H48O2. The minimum absolute atomic E-state index is 0.140. The maximum Gasteiger partial charge on any atom is 0.318 e. The van der Waals surface area contributed by atoms with Crippen LogP contribution >= 0.6 is 0 Å². The van der Waals surface area contributed by atoms with Crippen molar-refractivity contribution in [1.29, 1.82) is 0 Å². The van der Waals surface area contributed by atoms with Crippen LogP contribution in [-0.4, -0.2) is 5.97 Å². The molecule has 0 amide bonds. The van der Waals surface area contributed by atoms with Crippen molar-refractivity contribution in [2.24, 2.45) is 0 Å². The van der Waals surface area contributed by atoms with Crippen LogP contribution in [0.25, 0.3) is 0 Å². The lowest BCUT2D eigenvalue weighted by Crippen LogP contribution is -2.19. The van der Waals surface area contributed by atoms with Gasteiger partial charge < -0.3 is 4.74 Å². The summed E-state index contributed by atoms with van der Waals surface area (Å²) in [5, 5.41) is 0. The van der Waals surface area contributed by atoms with E-state index in [1.54, 1.807) is 0 Å². The molecule has 0 fully saturated rings. The third kappa shape index (κ3) is 13.0. The Morgan fingerprint density at radius 1 is 0.588 bits per heavy atom. The number of benzene rings is 2. The molecule has 2 aromatic rings. The van der Waals surface area contributed by atoms with Crippen molar-refractivity contribution < 1.29 is 9.53 Å². The molecule has 2 heteroatoms. The van der Waals surface area contributed by atoms with Crippen molar-refractivity contribution in [3.63, 3.8) is 0 Å². The zero-order chi connectivity index (χ0) is 24.1. The third-order valence-electron chi connectivity index (χ3n) is 6.79. The molecule has 0 spiro atoms. The van der Waals surface area contributed by atoms with Crippen LogP contribution in [0.15, 0.2) is 60.7 Å². The van der Waals surface area contributed by atoms with E-state index in [9.17, 15) is 4.79 Å². The lowest BCUT2D eigenvalue weighted by molar-refractivity contribution is -0.136. The predicted octanol–water partition coefficient (Wildman–Crippen LogP) is 10.0. The number of esters is 1. The maximum atomic E-state index is 12.9. The molecule has 0 aliphatic rings. The summed E-state index contributed by atoms with van der Waals surface area (Å²) < 4.78 is 5.67. The van der Waals surface area contributed by atoms with Gasteiger partial charge in [0.1, 0.15) is 5.75 Å². The summed E-state index contributed by atoms with van der Waals surface area (Å²) in [5.74, 6) is 0.298. The molecule has 0 aliphatic carbocycles. The summed E-state index contributed by atoms with van der Waals surface area (Å²) >= 11 is 0. The van der Waals surface area contributed by atoms with Gasteiger partial charge in [0, 0.05) is 0 Å². The molecule has 0 aliphatic heterocycles. The topological polar surface area (TPSA) is 26.3 Å². The molecule has 0 aromatic heterocycles. The molecule has 0 N–H and O–H groups in total. The standard InChI is InChI=1S/C32H48O2/c1-2-3-4-5-6-7-8-9-10-11-12-13-14-15-16-23-28-31(29-24-19-17-20-25-29)32(33)34-30-26-21-18-22-27-30/h17-22,24-27,31H,2-16,23,28H2,1H3. The molecule has 1 atom stereocenters. The molecule has 188 valence electrons. The largest absolute Gasteiger partial charge is 0.426 e. The first-order valence-corrected chi connectivity index (χ1v) is 14.1. The quantitative estimate of drug-likeness (QED) is 0.111. The molecule has 0 saturated carbocycles. The number of para-hydroxylation sites is 1. The van der Waals surface area contributed by atoms with Gasteiger partial charge in [0.25, 0.3) is 0 Å². The summed E-state index contributed by atoms with van der Waals surface area (Å²) in [4.78, 5) is 12.9. The summed E-state index contributed by atoms with van der Waals surface area (Å²) in [5.41, 5.74) is 1.06. The molecule has 0 radical (unpaired) electrons. The van der Waals surface area contributed by atoms with E-state index in [-0.39, 0.29) is 11.9 Å². The van der Waals surface area contributed by atoms with Gasteiger partial charge >= 0.3 is 5.97 Å². The van der Waals surface area contributed by atoms with Gasteiger partial charge in [-0.25, -0.2) is 0 Å². The summed E-state index contributed by atoms with van der Waals surface area (Å²) in [7, 11) is 0. The summed E-state index contributed by atoms with van der Waals surface area (Å²) in [6.45, 7) is 2.28. The second kappa shape index (κ2) is 19.2. The fraction of sp³-hybridized carbons (Fsp3) is 0.594. The lowest BCUT2D eigenvalue weighted by Gasteiger charge is -2.16. The zero-order valence-electron chi connectivity index (χ0n) is 21.7. The van der Waals surface area contributed by atoms with Crippen molar-refractivity contribution in [2.45, 2.75) is 122 Å². The molecule has 2 aromatic carbocycles. The first-order chi connectivity index (χ1) is 16.8. The summed E-state index contributed by atoms with van der Waals surface area (Å²) in [6, 6.07) is 19.5.